The van der Waals surface area contributed by atoms with Gasteiger partial charge in [-0.3, -0.25) is 4.79 Å². The third-order valence-electron chi connectivity index (χ3n) is 3.88. The van der Waals surface area contributed by atoms with Crippen molar-refractivity contribution in [3.63, 3.8) is 0 Å². The maximum atomic E-state index is 13.5. The van der Waals surface area contributed by atoms with Gasteiger partial charge in [-0.15, -0.1) is 0 Å². The number of hydrogen-bond donors (Lipinski definition) is 1. The van der Waals surface area contributed by atoms with Gasteiger partial charge in [-0.1, -0.05) is 24.7 Å². The summed E-state index contributed by atoms with van der Waals surface area (Å²) in [6, 6.07) is 4.25. The van der Waals surface area contributed by atoms with E-state index < -0.39 is 5.82 Å². The van der Waals surface area contributed by atoms with Crippen molar-refractivity contribution >= 4 is 5.91 Å². The highest BCUT2D eigenvalue weighted by atomic mass is 19.1. The normalized spacial score (nSPS) is 14.6. The molecule has 1 aliphatic rings. The van der Waals surface area contributed by atoms with Crippen molar-refractivity contribution in [2.45, 2.75) is 38.6 Å². The molecule has 1 saturated carbocycles. The summed E-state index contributed by atoms with van der Waals surface area (Å²) in [4.78, 5) is 14.5. The Labute approximate surface area is 124 Å². The summed E-state index contributed by atoms with van der Waals surface area (Å²) < 4.78 is 13.5. The van der Waals surface area contributed by atoms with Crippen molar-refractivity contribution in [2.24, 2.45) is 0 Å². The molecule has 1 aliphatic carbocycles. The maximum absolute atomic E-state index is 13.5. The lowest BCUT2D eigenvalue weighted by atomic mass is 10.0. The molecule has 1 aromatic rings. The van der Waals surface area contributed by atoms with E-state index in [0.29, 0.717) is 12.1 Å². The fourth-order valence-corrected chi connectivity index (χ4v) is 2.88. The maximum Gasteiger partial charge on any atom is 0.255 e. The molecule has 3 nitrogen and oxygen atoms in total. The number of nitrogens with zero attached hydrogens (tertiary/aromatic N) is 1. The van der Waals surface area contributed by atoms with Crippen LogP contribution in [-0.2, 0) is 0 Å². The Bertz CT molecular complexity index is 568. The van der Waals surface area contributed by atoms with Gasteiger partial charge in [0, 0.05) is 18.2 Å². The van der Waals surface area contributed by atoms with E-state index >= 15 is 0 Å². The number of hydrogen-bond acceptors (Lipinski definition) is 2. The quantitative estimate of drug-likeness (QED) is 0.869. The van der Waals surface area contributed by atoms with Crippen LogP contribution >= 0.6 is 0 Å². The van der Waals surface area contributed by atoms with Crippen LogP contribution in [0, 0.1) is 17.7 Å². The van der Waals surface area contributed by atoms with Gasteiger partial charge in [0.15, 0.2) is 0 Å². The zero-order chi connectivity index (χ0) is 15.2. The molecule has 1 aromatic carbocycles. The van der Waals surface area contributed by atoms with E-state index in [1.54, 1.807) is 0 Å². The molecule has 0 aliphatic heterocycles. The van der Waals surface area contributed by atoms with Crippen LogP contribution in [0.5, 0.6) is 0 Å². The van der Waals surface area contributed by atoms with Crippen molar-refractivity contribution in [3.8, 4) is 11.8 Å². The number of halogens is 1. The molecule has 21 heavy (non-hydrogen) atoms. The van der Waals surface area contributed by atoms with E-state index in [2.05, 4.69) is 11.8 Å². The zero-order valence-corrected chi connectivity index (χ0v) is 12.2. The lowest BCUT2D eigenvalue weighted by Gasteiger charge is -2.28. The molecule has 0 saturated heterocycles. The molecule has 112 valence electrons. The van der Waals surface area contributed by atoms with E-state index in [4.69, 9.17) is 5.11 Å². The summed E-state index contributed by atoms with van der Waals surface area (Å²) in [6.07, 6.45) is 4.28. The first-order valence-corrected chi connectivity index (χ1v) is 7.37. The second-order valence-corrected chi connectivity index (χ2v) is 5.18. The van der Waals surface area contributed by atoms with E-state index in [9.17, 15) is 9.18 Å². The summed E-state index contributed by atoms with van der Waals surface area (Å²) in [7, 11) is 0. The Morgan fingerprint density at radius 1 is 1.43 bits per heavy atom. The molecule has 1 amide bonds. The van der Waals surface area contributed by atoms with Crippen LogP contribution in [0.1, 0.15) is 48.5 Å². The highest BCUT2D eigenvalue weighted by molar-refractivity contribution is 5.97. The number of aliphatic hydroxyl groups is 1. The highest BCUT2D eigenvalue weighted by Gasteiger charge is 2.27. The van der Waals surface area contributed by atoms with Gasteiger partial charge in [-0.2, -0.15) is 0 Å². The summed E-state index contributed by atoms with van der Waals surface area (Å²) in [5.41, 5.74) is 0.747. The lowest BCUT2D eigenvalue weighted by Crippen LogP contribution is -2.39. The Morgan fingerprint density at radius 3 is 2.76 bits per heavy atom. The summed E-state index contributed by atoms with van der Waals surface area (Å²) in [5.74, 6) is 4.62. The van der Waals surface area contributed by atoms with Crippen LogP contribution in [0.4, 0.5) is 4.39 Å². The van der Waals surface area contributed by atoms with Crippen molar-refractivity contribution in [3.05, 3.63) is 35.1 Å². The Morgan fingerprint density at radius 2 is 2.14 bits per heavy atom. The Balaban J connectivity index is 2.33. The van der Waals surface area contributed by atoms with Gasteiger partial charge in [-0.25, -0.2) is 4.39 Å². The average Bonchev–Trinajstić information content (AvgIpc) is 3.00. The molecule has 0 aromatic heterocycles. The van der Waals surface area contributed by atoms with Gasteiger partial charge < -0.3 is 10.0 Å². The summed E-state index contributed by atoms with van der Waals surface area (Å²) in [6.45, 7) is 2.26. The predicted molar refractivity (Wildman–Crippen MR) is 79.3 cm³/mol. The first-order valence-electron chi connectivity index (χ1n) is 7.37. The Hall–Kier alpha value is -1.86. The minimum atomic E-state index is -0.449. The first-order chi connectivity index (χ1) is 10.2. The fourth-order valence-electron chi connectivity index (χ4n) is 2.88. The minimum Gasteiger partial charge on any atom is -0.384 e. The molecule has 0 heterocycles. The number of carbonyl (C=O) groups excluding carboxylic acids is 1. The smallest absolute Gasteiger partial charge is 0.255 e. The van der Waals surface area contributed by atoms with Gasteiger partial charge in [0.1, 0.15) is 12.4 Å². The third-order valence-corrected chi connectivity index (χ3v) is 3.88. The summed E-state index contributed by atoms with van der Waals surface area (Å²) in [5, 5.41) is 8.80. The number of amides is 1. The van der Waals surface area contributed by atoms with Gasteiger partial charge in [0.2, 0.25) is 0 Å². The molecule has 2 rings (SSSR count). The zero-order valence-electron chi connectivity index (χ0n) is 12.2. The molecule has 0 bridgehead atoms. The number of rotatable bonds is 3. The van der Waals surface area contributed by atoms with Gasteiger partial charge >= 0.3 is 0 Å². The van der Waals surface area contributed by atoms with Crippen LogP contribution in [-0.4, -0.2) is 35.1 Å². The standard InChI is InChI=1S/C17H20FNO2/c1-2-19(15-7-3-4-8-15)17(21)16-12-14(18)10-9-13(16)6-5-11-20/h9-10,12,15,20H,2-4,7-8,11H2,1H3. The number of carbonyl (C=O) groups is 1. The molecule has 4 heteroatoms. The second kappa shape index (κ2) is 7.24. The van der Waals surface area contributed by atoms with E-state index in [1.807, 2.05) is 11.8 Å². The van der Waals surface area contributed by atoms with E-state index in [1.165, 1.54) is 18.2 Å². The topological polar surface area (TPSA) is 40.5 Å². The summed E-state index contributed by atoms with van der Waals surface area (Å²) >= 11 is 0. The number of aliphatic hydroxyl groups excluding tert-OH is 1. The molecule has 0 radical (unpaired) electrons. The predicted octanol–water partition coefficient (Wildman–Crippen LogP) is 2.57. The van der Waals surface area contributed by atoms with Crippen molar-refractivity contribution in [1.82, 2.24) is 4.90 Å². The molecular formula is C17H20FNO2. The molecular weight excluding hydrogens is 269 g/mol. The Kier molecular flexibility index (Phi) is 5.35. The third kappa shape index (κ3) is 3.62. The first kappa shape index (κ1) is 15.5. The van der Waals surface area contributed by atoms with Crippen LogP contribution in [0.25, 0.3) is 0 Å². The van der Waals surface area contributed by atoms with Crippen molar-refractivity contribution in [2.75, 3.05) is 13.2 Å². The number of benzene rings is 1. The van der Waals surface area contributed by atoms with Crippen LogP contribution in [0.15, 0.2) is 18.2 Å². The largest absolute Gasteiger partial charge is 0.384 e. The van der Waals surface area contributed by atoms with Gasteiger partial charge in [-0.05, 0) is 38.0 Å². The SMILES string of the molecule is CCN(C(=O)c1cc(F)ccc1C#CCO)C1CCCC1. The van der Waals surface area contributed by atoms with Gasteiger partial charge in [0.05, 0.1) is 5.56 Å². The average molecular weight is 289 g/mol. The van der Waals surface area contributed by atoms with E-state index in [-0.39, 0.29) is 24.1 Å². The molecule has 0 spiro atoms. The molecule has 1 N–H and O–H groups in total. The molecule has 1 fully saturated rings. The van der Waals surface area contributed by atoms with Crippen LogP contribution < -0.4 is 0 Å². The minimum absolute atomic E-state index is 0.175. The monoisotopic (exact) mass is 289 g/mol. The van der Waals surface area contributed by atoms with Crippen molar-refractivity contribution in [1.29, 1.82) is 0 Å². The highest BCUT2D eigenvalue weighted by Crippen LogP contribution is 2.25. The fraction of sp³-hybridized carbons (Fsp3) is 0.471. The lowest BCUT2D eigenvalue weighted by molar-refractivity contribution is 0.0693. The molecule has 0 atom stereocenters. The van der Waals surface area contributed by atoms with Gasteiger partial charge in [0.25, 0.3) is 5.91 Å². The molecule has 0 unspecified atom stereocenters. The second-order valence-electron chi connectivity index (χ2n) is 5.18. The van der Waals surface area contributed by atoms with Crippen LogP contribution in [0.2, 0.25) is 0 Å². The van der Waals surface area contributed by atoms with E-state index in [0.717, 1.165) is 25.7 Å². The van der Waals surface area contributed by atoms with Crippen LogP contribution in [0.3, 0.4) is 0 Å². The van der Waals surface area contributed by atoms with Crippen molar-refractivity contribution < 1.29 is 14.3 Å².